The Labute approximate surface area is 283 Å². The molecule has 0 amide bonds. The predicted octanol–water partition coefficient (Wildman–Crippen LogP) is 12.8. The Hall–Kier alpha value is -1.18. The molecule has 0 aromatic heterocycles. The van der Waals surface area contributed by atoms with E-state index in [1.165, 1.54) is 60.8 Å². The fraction of sp³-hybridized carbons (Fsp3) is 0.463. The number of rotatable bonds is 10. The van der Waals surface area contributed by atoms with Crippen molar-refractivity contribution in [2.45, 2.75) is 120 Å². The molecule has 3 atom stereocenters. The topological polar surface area (TPSA) is 0 Å². The SMILES string of the molecule is CCC1=Cc2c(C(C)C)cc(C(C)C)cc2[CH]1[Zr]([Cl])([Cl])([CH]1C(CC)=Cc2c(C(C)C)cc(C(C)C)cc21)[SiH](C)c1ccccc1. The first kappa shape index (κ1) is 35.1. The third kappa shape index (κ3) is 5.81. The van der Waals surface area contributed by atoms with Crippen LogP contribution in [0, 0.1) is 0 Å². The van der Waals surface area contributed by atoms with Gasteiger partial charge in [0.15, 0.2) is 0 Å². The summed E-state index contributed by atoms with van der Waals surface area (Å²) in [5, 5.41) is 1.41. The number of hydrogen-bond donors (Lipinski definition) is 0. The molecular weight excluding hydrogens is 683 g/mol. The molecule has 0 N–H and O–H groups in total. The Kier molecular flexibility index (Phi) is 10.2. The standard InChI is InChI=1S/2C17H23.C7H9Si.2ClH.Zr/c2*1-6-13-7-15-9-14(11(2)3)10-16(12(4)5)17(15)8-13;1-8-7-5-3-2-4-6-7;;;/h2*7-12H,6H2,1-5H3;2-6,8H,1H3;2*1H;/q;;;;;+2/p-2. The number of benzene rings is 3. The first-order valence-electron chi connectivity index (χ1n) is 17.5. The van der Waals surface area contributed by atoms with Gasteiger partial charge in [-0.3, -0.25) is 0 Å². The van der Waals surface area contributed by atoms with Gasteiger partial charge in [-0.15, -0.1) is 0 Å². The molecular formula is C41H55Cl2SiZr. The van der Waals surface area contributed by atoms with Gasteiger partial charge in [-0.25, -0.2) is 0 Å². The summed E-state index contributed by atoms with van der Waals surface area (Å²) in [5.74, 6) is -0.195. The van der Waals surface area contributed by atoms with Gasteiger partial charge < -0.3 is 0 Å². The average molecular weight is 738 g/mol. The molecule has 0 saturated heterocycles. The second-order valence-electron chi connectivity index (χ2n) is 15.2. The predicted molar refractivity (Wildman–Crippen MR) is 202 cm³/mol. The molecule has 4 heteroatoms. The summed E-state index contributed by atoms with van der Waals surface area (Å²) < 4.78 is 0.202. The molecule has 3 aromatic rings. The van der Waals surface area contributed by atoms with Crippen LogP contribution in [0.15, 0.2) is 65.7 Å². The quantitative estimate of drug-likeness (QED) is 0.182. The van der Waals surface area contributed by atoms with Crippen molar-refractivity contribution < 1.29 is 15.6 Å². The van der Waals surface area contributed by atoms with Crippen LogP contribution in [0.3, 0.4) is 0 Å². The molecule has 0 spiro atoms. The molecule has 5 rings (SSSR count). The van der Waals surface area contributed by atoms with Gasteiger partial charge >= 0.3 is 286 Å². The van der Waals surface area contributed by atoms with Crippen LogP contribution in [0.4, 0.5) is 0 Å². The third-order valence-electron chi connectivity index (χ3n) is 11.2. The molecule has 0 aliphatic heterocycles. The van der Waals surface area contributed by atoms with Gasteiger partial charge in [-0.05, 0) is 0 Å². The molecule has 2 aliphatic rings. The first-order chi connectivity index (χ1) is 21.1. The van der Waals surface area contributed by atoms with Crippen molar-refractivity contribution in [3.05, 3.63) is 110 Å². The number of hydrogen-bond acceptors (Lipinski definition) is 0. The second-order valence-corrected chi connectivity index (χ2v) is 55.4. The van der Waals surface area contributed by atoms with Crippen LogP contribution in [-0.2, 0) is 15.6 Å². The first-order valence-corrected chi connectivity index (χ1v) is 33.3. The van der Waals surface area contributed by atoms with E-state index < -0.39 is 21.5 Å². The average Bonchev–Trinajstić information content (AvgIpc) is 3.59. The monoisotopic (exact) mass is 735 g/mol. The van der Waals surface area contributed by atoms with Crippen LogP contribution in [0.5, 0.6) is 0 Å². The minimum atomic E-state index is -5.05. The second kappa shape index (κ2) is 13.0. The van der Waals surface area contributed by atoms with E-state index >= 15 is 0 Å². The van der Waals surface area contributed by atoms with Crippen LogP contribution >= 0.6 is 17.0 Å². The Morgan fingerprint density at radius 3 is 1.36 bits per heavy atom. The molecule has 0 bridgehead atoms. The Morgan fingerprint density at radius 1 is 0.622 bits per heavy atom. The molecule has 45 heavy (non-hydrogen) atoms. The van der Waals surface area contributed by atoms with Gasteiger partial charge in [0.05, 0.1) is 0 Å². The summed E-state index contributed by atoms with van der Waals surface area (Å²) in [5.41, 5.74) is 14.3. The van der Waals surface area contributed by atoms with E-state index in [0.717, 1.165) is 12.8 Å². The van der Waals surface area contributed by atoms with Gasteiger partial charge in [-0.2, -0.15) is 0 Å². The molecule has 0 heterocycles. The van der Waals surface area contributed by atoms with E-state index in [9.17, 15) is 0 Å². The van der Waals surface area contributed by atoms with Gasteiger partial charge in [0.25, 0.3) is 0 Å². The summed E-state index contributed by atoms with van der Waals surface area (Å²) in [6, 6.07) is 21.2. The number of fused-ring (bicyclic) bond motifs is 2. The normalized spacial score (nSPS) is 19.5. The Morgan fingerprint density at radius 2 is 1.02 bits per heavy atom. The fourth-order valence-electron chi connectivity index (χ4n) is 8.46. The van der Waals surface area contributed by atoms with E-state index in [1.54, 1.807) is 0 Å². The fourth-order valence-corrected chi connectivity index (χ4v) is 49.4. The Bertz CT molecular complexity index is 1550. The maximum atomic E-state index is 8.98. The van der Waals surface area contributed by atoms with Crippen molar-refractivity contribution in [3.8, 4) is 0 Å². The van der Waals surface area contributed by atoms with Crippen LogP contribution in [-0.4, -0.2) is 5.92 Å². The van der Waals surface area contributed by atoms with Crippen molar-refractivity contribution in [1.29, 1.82) is 0 Å². The molecule has 3 aromatic carbocycles. The Balaban J connectivity index is 1.93. The van der Waals surface area contributed by atoms with E-state index in [1.807, 2.05) is 0 Å². The summed E-state index contributed by atoms with van der Waals surface area (Å²) >= 11 is -5.05. The molecule has 241 valence electrons. The van der Waals surface area contributed by atoms with Crippen LogP contribution in [0.2, 0.25) is 6.55 Å². The minimum absolute atomic E-state index is 0.101. The van der Waals surface area contributed by atoms with Crippen molar-refractivity contribution in [2.24, 2.45) is 0 Å². The molecule has 0 fully saturated rings. The van der Waals surface area contributed by atoms with Gasteiger partial charge in [0.2, 0.25) is 0 Å². The van der Waals surface area contributed by atoms with Gasteiger partial charge in [0.1, 0.15) is 0 Å². The van der Waals surface area contributed by atoms with E-state index in [2.05, 4.69) is 143 Å². The molecule has 0 nitrogen and oxygen atoms in total. The zero-order chi connectivity index (χ0) is 33.0. The van der Waals surface area contributed by atoms with E-state index in [-0.39, 0.29) is 7.25 Å². The molecule has 0 radical (unpaired) electrons. The van der Waals surface area contributed by atoms with E-state index in [0.29, 0.717) is 23.7 Å². The van der Waals surface area contributed by atoms with Crippen molar-refractivity contribution in [2.75, 3.05) is 0 Å². The van der Waals surface area contributed by atoms with E-state index in [4.69, 9.17) is 17.0 Å². The van der Waals surface area contributed by atoms with Crippen molar-refractivity contribution >= 4 is 40.3 Å². The van der Waals surface area contributed by atoms with Crippen LogP contribution in [0.1, 0.15) is 158 Å². The molecule has 0 saturated carbocycles. The maximum absolute atomic E-state index is 8.98. The van der Waals surface area contributed by atoms with Crippen molar-refractivity contribution in [3.63, 3.8) is 0 Å². The zero-order valence-corrected chi connectivity index (χ0v) is 34.7. The summed E-state index contributed by atoms with van der Waals surface area (Å²) in [4.78, 5) is 0. The number of allylic oxidation sites excluding steroid dienone is 2. The summed E-state index contributed by atoms with van der Waals surface area (Å²) in [6.07, 6.45) is 7.00. The third-order valence-corrected chi connectivity index (χ3v) is 58.4. The summed E-state index contributed by atoms with van der Waals surface area (Å²) in [7, 11) is 18.0. The summed E-state index contributed by atoms with van der Waals surface area (Å²) in [6.45, 7) is 25.8. The van der Waals surface area contributed by atoms with Gasteiger partial charge in [-0.1, -0.05) is 0 Å². The van der Waals surface area contributed by atoms with Crippen molar-refractivity contribution in [1.82, 2.24) is 0 Å². The van der Waals surface area contributed by atoms with Crippen LogP contribution < -0.4 is 5.19 Å². The molecule has 2 aliphatic carbocycles. The van der Waals surface area contributed by atoms with Gasteiger partial charge in [0, 0.05) is 0 Å². The zero-order valence-electron chi connectivity index (χ0n) is 29.6. The molecule has 3 unspecified atom stereocenters. The van der Waals surface area contributed by atoms with Crippen LogP contribution in [0.25, 0.3) is 12.2 Å². The number of halogens is 2.